The Morgan fingerprint density at radius 3 is 2.89 bits per heavy atom. The highest BCUT2D eigenvalue weighted by molar-refractivity contribution is 6.42. The Labute approximate surface area is 118 Å². The van der Waals surface area contributed by atoms with E-state index in [1.807, 2.05) is 6.92 Å². The Balaban J connectivity index is 2.56. The maximum Gasteiger partial charge on any atom is 0.122 e. The summed E-state index contributed by atoms with van der Waals surface area (Å²) in [4.78, 5) is 0. The van der Waals surface area contributed by atoms with Crippen molar-refractivity contribution in [1.82, 2.24) is 5.32 Å². The van der Waals surface area contributed by atoms with Crippen molar-refractivity contribution < 1.29 is 4.74 Å². The van der Waals surface area contributed by atoms with E-state index in [0.29, 0.717) is 35.4 Å². The van der Waals surface area contributed by atoms with E-state index in [4.69, 9.17) is 33.2 Å². The summed E-state index contributed by atoms with van der Waals surface area (Å²) < 4.78 is 5.23. The summed E-state index contributed by atoms with van der Waals surface area (Å²) in [7, 11) is 0. The summed E-state index contributed by atoms with van der Waals surface area (Å²) >= 11 is 12.0. The van der Waals surface area contributed by atoms with Crippen molar-refractivity contribution in [3.63, 3.8) is 0 Å². The molecule has 98 valence electrons. The Morgan fingerprint density at radius 1 is 1.44 bits per heavy atom. The van der Waals surface area contributed by atoms with Gasteiger partial charge in [0.05, 0.1) is 16.1 Å². The minimum absolute atomic E-state index is 0.433. The van der Waals surface area contributed by atoms with E-state index in [0.717, 1.165) is 6.42 Å². The number of ether oxygens (including phenoxy) is 1. The predicted octanol–water partition coefficient (Wildman–Crippen LogP) is 3.57. The van der Waals surface area contributed by atoms with Crippen LogP contribution in [0.4, 0.5) is 0 Å². The SMILES string of the molecule is CCOCCCNC(C#N)c1cccc(Cl)c1Cl. The van der Waals surface area contributed by atoms with Crippen LogP contribution in [0.3, 0.4) is 0 Å². The van der Waals surface area contributed by atoms with Crippen molar-refractivity contribution in [3.8, 4) is 6.07 Å². The summed E-state index contributed by atoms with van der Waals surface area (Å²) in [5.41, 5.74) is 0.711. The smallest absolute Gasteiger partial charge is 0.122 e. The molecule has 3 nitrogen and oxygen atoms in total. The van der Waals surface area contributed by atoms with Gasteiger partial charge in [0.2, 0.25) is 0 Å². The summed E-state index contributed by atoms with van der Waals surface area (Å²) in [5, 5.41) is 13.2. The molecule has 1 N–H and O–H groups in total. The van der Waals surface area contributed by atoms with Gasteiger partial charge in [-0.1, -0.05) is 35.3 Å². The Morgan fingerprint density at radius 2 is 2.22 bits per heavy atom. The van der Waals surface area contributed by atoms with Crippen molar-refractivity contribution in [2.75, 3.05) is 19.8 Å². The fourth-order valence-corrected chi connectivity index (χ4v) is 1.95. The Hall–Kier alpha value is -0.790. The van der Waals surface area contributed by atoms with Gasteiger partial charge >= 0.3 is 0 Å². The van der Waals surface area contributed by atoms with Crippen LogP contribution in [0, 0.1) is 11.3 Å². The molecule has 0 aromatic heterocycles. The molecule has 1 unspecified atom stereocenters. The zero-order valence-electron chi connectivity index (χ0n) is 10.2. The average molecular weight is 287 g/mol. The molecule has 0 heterocycles. The molecule has 18 heavy (non-hydrogen) atoms. The molecule has 0 aliphatic carbocycles. The number of nitrogens with zero attached hydrogens (tertiary/aromatic N) is 1. The predicted molar refractivity (Wildman–Crippen MR) is 73.9 cm³/mol. The first-order valence-corrected chi connectivity index (χ1v) is 6.61. The monoisotopic (exact) mass is 286 g/mol. The number of halogens is 2. The number of hydrogen-bond acceptors (Lipinski definition) is 3. The second-order valence-electron chi connectivity index (χ2n) is 3.71. The number of nitrogens with one attached hydrogen (secondary N) is 1. The molecule has 0 saturated carbocycles. The van der Waals surface area contributed by atoms with Crippen LogP contribution in [-0.4, -0.2) is 19.8 Å². The van der Waals surface area contributed by atoms with Gasteiger partial charge in [0, 0.05) is 18.8 Å². The van der Waals surface area contributed by atoms with Crippen molar-refractivity contribution in [1.29, 1.82) is 5.26 Å². The number of benzene rings is 1. The molecule has 0 spiro atoms. The van der Waals surface area contributed by atoms with Gasteiger partial charge in [-0.3, -0.25) is 5.32 Å². The van der Waals surface area contributed by atoms with Crippen LogP contribution < -0.4 is 5.32 Å². The highest BCUT2D eigenvalue weighted by Gasteiger charge is 2.14. The molecule has 0 bridgehead atoms. The van der Waals surface area contributed by atoms with Gasteiger partial charge in [-0.2, -0.15) is 5.26 Å². The van der Waals surface area contributed by atoms with Gasteiger partial charge in [-0.25, -0.2) is 0 Å². The van der Waals surface area contributed by atoms with Crippen molar-refractivity contribution >= 4 is 23.2 Å². The molecule has 0 amide bonds. The first-order valence-electron chi connectivity index (χ1n) is 5.85. The molecule has 0 radical (unpaired) electrons. The molecule has 1 aromatic rings. The van der Waals surface area contributed by atoms with Crippen LogP contribution in [0.2, 0.25) is 10.0 Å². The van der Waals surface area contributed by atoms with E-state index in [-0.39, 0.29) is 0 Å². The van der Waals surface area contributed by atoms with Crippen molar-refractivity contribution in [2.24, 2.45) is 0 Å². The van der Waals surface area contributed by atoms with E-state index < -0.39 is 6.04 Å². The normalized spacial score (nSPS) is 12.1. The van der Waals surface area contributed by atoms with Crippen LogP contribution >= 0.6 is 23.2 Å². The zero-order chi connectivity index (χ0) is 13.4. The van der Waals surface area contributed by atoms with Crippen molar-refractivity contribution in [2.45, 2.75) is 19.4 Å². The van der Waals surface area contributed by atoms with E-state index in [2.05, 4.69) is 11.4 Å². The van der Waals surface area contributed by atoms with Gasteiger partial charge in [0.15, 0.2) is 0 Å². The quantitative estimate of drug-likeness (QED) is 0.780. The topological polar surface area (TPSA) is 45.0 Å². The molecule has 0 aliphatic rings. The van der Waals surface area contributed by atoms with E-state index in [1.54, 1.807) is 18.2 Å². The third kappa shape index (κ3) is 4.47. The highest BCUT2D eigenvalue weighted by Crippen LogP contribution is 2.29. The molecule has 5 heteroatoms. The van der Waals surface area contributed by atoms with Gasteiger partial charge < -0.3 is 4.74 Å². The van der Waals surface area contributed by atoms with Gasteiger partial charge in [-0.05, 0) is 26.0 Å². The molecule has 1 aromatic carbocycles. The lowest BCUT2D eigenvalue weighted by Gasteiger charge is -2.14. The minimum Gasteiger partial charge on any atom is -0.382 e. The Kier molecular flexibility index (Phi) is 7.07. The molecule has 1 rings (SSSR count). The van der Waals surface area contributed by atoms with E-state index >= 15 is 0 Å². The zero-order valence-corrected chi connectivity index (χ0v) is 11.8. The third-order valence-corrected chi connectivity index (χ3v) is 3.27. The summed E-state index contributed by atoms with van der Waals surface area (Å²) in [6, 6.07) is 7.03. The summed E-state index contributed by atoms with van der Waals surface area (Å²) in [6.07, 6.45) is 0.851. The van der Waals surface area contributed by atoms with Crippen LogP contribution in [0.25, 0.3) is 0 Å². The summed E-state index contributed by atoms with van der Waals surface area (Å²) in [5.74, 6) is 0. The lowest BCUT2D eigenvalue weighted by Crippen LogP contribution is -2.22. The fourth-order valence-electron chi connectivity index (χ4n) is 1.53. The first-order chi connectivity index (χ1) is 8.70. The van der Waals surface area contributed by atoms with Crippen LogP contribution in [0.1, 0.15) is 24.9 Å². The molecular weight excluding hydrogens is 271 g/mol. The van der Waals surface area contributed by atoms with Crippen LogP contribution in [0.5, 0.6) is 0 Å². The van der Waals surface area contributed by atoms with E-state index in [9.17, 15) is 0 Å². The van der Waals surface area contributed by atoms with Crippen LogP contribution in [-0.2, 0) is 4.74 Å². The standard InChI is InChI=1S/C13H16Cl2N2O/c1-2-18-8-4-7-17-12(9-16)10-5-3-6-11(14)13(10)15/h3,5-6,12,17H,2,4,7-8H2,1H3. The number of hydrogen-bond donors (Lipinski definition) is 1. The number of nitriles is 1. The molecule has 0 saturated heterocycles. The average Bonchev–Trinajstić information content (AvgIpc) is 2.38. The molecule has 1 atom stereocenters. The van der Waals surface area contributed by atoms with Crippen molar-refractivity contribution in [3.05, 3.63) is 33.8 Å². The highest BCUT2D eigenvalue weighted by atomic mass is 35.5. The minimum atomic E-state index is -0.446. The van der Waals surface area contributed by atoms with E-state index in [1.165, 1.54) is 0 Å². The molecule has 0 aliphatic heterocycles. The van der Waals surface area contributed by atoms with Gasteiger partial charge in [-0.15, -0.1) is 0 Å². The van der Waals surface area contributed by atoms with Crippen LogP contribution in [0.15, 0.2) is 18.2 Å². The number of rotatable bonds is 7. The second kappa shape index (κ2) is 8.34. The lowest BCUT2D eigenvalue weighted by atomic mass is 10.1. The second-order valence-corrected chi connectivity index (χ2v) is 4.49. The first kappa shape index (κ1) is 15.3. The Bertz CT molecular complexity index is 418. The fraction of sp³-hybridized carbons (Fsp3) is 0.462. The molecular formula is C13H16Cl2N2O. The van der Waals surface area contributed by atoms with Gasteiger partial charge in [0.25, 0.3) is 0 Å². The molecule has 0 fully saturated rings. The largest absolute Gasteiger partial charge is 0.382 e. The maximum atomic E-state index is 9.15. The third-order valence-electron chi connectivity index (χ3n) is 2.44. The summed E-state index contributed by atoms with van der Waals surface area (Å²) in [6.45, 7) is 4.05. The van der Waals surface area contributed by atoms with Gasteiger partial charge in [0.1, 0.15) is 6.04 Å². The maximum absolute atomic E-state index is 9.15. The lowest BCUT2D eigenvalue weighted by molar-refractivity contribution is 0.144.